The summed E-state index contributed by atoms with van der Waals surface area (Å²) in [6.07, 6.45) is 1.41. The summed E-state index contributed by atoms with van der Waals surface area (Å²) in [6, 6.07) is 3.76. The third-order valence-electron chi connectivity index (χ3n) is 1.55. The largest absolute Gasteiger partial charge is 0.368 e. The van der Waals surface area contributed by atoms with E-state index < -0.39 is 0 Å². The minimum Gasteiger partial charge on any atom is -0.368 e. The van der Waals surface area contributed by atoms with Gasteiger partial charge < -0.3 is 5.73 Å². The van der Waals surface area contributed by atoms with Crippen molar-refractivity contribution < 1.29 is 0 Å². The van der Waals surface area contributed by atoms with E-state index in [1.54, 1.807) is 6.07 Å². The maximum atomic E-state index is 8.41. The molecule has 0 saturated heterocycles. The number of nitrogens with zero attached hydrogens (tertiary/aromatic N) is 5. The number of fused-ring (bicyclic) bond motifs is 1. The molecule has 0 atom stereocenters. The van der Waals surface area contributed by atoms with Gasteiger partial charge in [0.25, 0.3) is 0 Å². The molecule has 0 aromatic carbocycles. The molecule has 14 heavy (non-hydrogen) atoms. The third-order valence-corrected chi connectivity index (χ3v) is 2.33. The van der Waals surface area contributed by atoms with Gasteiger partial charge in [-0.15, -0.1) is 0 Å². The molecule has 0 aliphatic heterocycles. The first-order valence-corrected chi connectivity index (χ1v) is 4.76. The van der Waals surface area contributed by atoms with Crippen LogP contribution < -0.4 is 5.73 Å². The Morgan fingerprint density at radius 2 is 2.50 bits per heavy atom. The molecule has 0 unspecified atom stereocenters. The average molecular weight is 206 g/mol. The molecule has 0 aliphatic carbocycles. The number of rotatable bonds is 2. The van der Waals surface area contributed by atoms with Crippen LogP contribution in [0.5, 0.6) is 0 Å². The van der Waals surface area contributed by atoms with Gasteiger partial charge in [-0.1, -0.05) is 11.8 Å². The second kappa shape index (κ2) is 3.51. The van der Waals surface area contributed by atoms with E-state index in [0.29, 0.717) is 16.4 Å². The van der Waals surface area contributed by atoms with Gasteiger partial charge in [0.05, 0.1) is 11.8 Å². The van der Waals surface area contributed by atoms with E-state index in [9.17, 15) is 0 Å². The first-order valence-electron chi connectivity index (χ1n) is 3.77. The van der Waals surface area contributed by atoms with Crippen molar-refractivity contribution in [3.63, 3.8) is 0 Å². The third kappa shape index (κ3) is 1.47. The van der Waals surface area contributed by atoms with Crippen LogP contribution in [0.3, 0.4) is 0 Å². The second-order valence-corrected chi connectivity index (χ2v) is 3.43. The molecule has 0 radical (unpaired) electrons. The number of hydrogen-bond donors (Lipinski definition) is 1. The van der Waals surface area contributed by atoms with Crippen molar-refractivity contribution >= 4 is 23.4 Å². The fraction of sp³-hybridized carbons (Fsp3) is 0.143. The zero-order valence-electron chi connectivity index (χ0n) is 7.08. The summed E-state index contributed by atoms with van der Waals surface area (Å²) >= 11 is 1.32. The summed E-state index contributed by atoms with van der Waals surface area (Å²) in [5.41, 5.74) is 6.26. The molecule has 2 heterocycles. The Bertz CT molecular complexity index is 498. The van der Waals surface area contributed by atoms with E-state index in [1.165, 1.54) is 22.6 Å². The molecule has 2 N–H and O–H groups in total. The van der Waals surface area contributed by atoms with Gasteiger partial charge in [0.1, 0.15) is 11.4 Å². The minimum absolute atomic E-state index is 0.278. The highest BCUT2D eigenvalue weighted by Crippen LogP contribution is 2.17. The van der Waals surface area contributed by atoms with Crippen LogP contribution in [0.15, 0.2) is 17.4 Å². The Labute approximate surface area is 83.8 Å². The van der Waals surface area contributed by atoms with Gasteiger partial charge in [0.2, 0.25) is 5.95 Å². The van der Waals surface area contributed by atoms with Crippen LogP contribution in [-0.4, -0.2) is 25.3 Å². The van der Waals surface area contributed by atoms with Gasteiger partial charge in [0.15, 0.2) is 5.65 Å². The Morgan fingerprint density at radius 1 is 1.64 bits per heavy atom. The van der Waals surface area contributed by atoms with E-state index in [1.807, 2.05) is 6.07 Å². The number of hydrogen-bond acceptors (Lipinski definition) is 6. The van der Waals surface area contributed by atoms with Gasteiger partial charge >= 0.3 is 0 Å². The number of thioether (sulfide) groups is 1. The lowest BCUT2D eigenvalue weighted by atomic mass is 10.6. The number of nitrogen functional groups attached to an aromatic ring is 1. The maximum Gasteiger partial charge on any atom is 0.224 e. The smallest absolute Gasteiger partial charge is 0.224 e. The summed E-state index contributed by atoms with van der Waals surface area (Å²) in [5.74, 6) is 0.622. The molecule has 0 saturated carbocycles. The van der Waals surface area contributed by atoms with Crippen molar-refractivity contribution in [2.45, 2.75) is 5.03 Å². The first-order chi connectivity index (χ1) is 6.81. The van der Waals surface area contributed by atoms with Crippen LogP contribution >= 0.6 is 11.8 Å². The van der Waals surface area contributed by atoms with Gasteiger partial charge in [-0.05, 0) is 0 Å². The van der Waals surface area contributed by atoms with Crippen molar-refractivity contribution in [2.24, 2.45) is 0 Å². The van der Waals surface area contributed by atoms with Crippen LogP contribution in [0.1, 0.15) is 0 Å². The molecule has 0 bridgehead atoms. The molecular formula is C7H6N6S. The topological polar surface area (TPSA) is 92.9 Å². The van der Waals surface area contributed by atoms with E-state index >= 15 is 0 Å². The van der Waals surface area contributed by atoms with Crippen LogP contribution in [0, 0.1) is 11.3 Å². The summed E-state index contributed by atoms with van der Waals surface area (Å²) in [5, 5.41) is 13.0. The number of aromatic nitrogens is 4. The zero-order valence-corrected chi connectivity index (χ0v) is 7.90. The highest BCUT2D eigenvalue weighted by atomic mass is 32.2. The van der Waals surface area contributed by atoms with Crippen LogP contribution in [0.25, 0.3) is 5.65 Å². The lowest BCUT2D eigenvalue weighted by Gasteiger charge is -1.99. The van der Waals surface area contributed by atoms with E-state index in [0.717, 1.165) is 0 Å². The maximum absolute atomic E-state index is 8.41. The summed E-state index contributed by atoms with van der Waals surface area (Å²) in [4.78, 5) is 8.05. The average Bonchev–Trinajstić information content (AvgIpc) is 2.63. The van der Waals surface area contributed by atoms with E-state index in [4.69, 9.17) is 11.0 Å². The molecule has 0 aliphatic rings. The molecule has 0 fully saturated rings. The van der Waals surface area contributed by atoms with Crippen molar-refractivity contribution in [3.8, 4) is 6.07 Å². The minimum atomic E-state index is 0.278. The quantitative estimate of drug-likeness (QED) is 0.562. The highest BCUT2D eigenvalue weighted by Gasteiger charge is 2.04. The highest BCUT2D eigenvalue weighted by molar-refractivity contribution is 7.99. The molecule has 7 heteroatoms. The predicted octanol–water partition coefficient (Wildman–Crippen LogP) is 0.322. The monoisotopic (exact) mass is 206 g/mol. The number of nitriles is 1. The van der Waals surface area contributed by atoms with Crippen LogP contribution in [-0.2, 0) is 0 Å². The van der Waals surface area contributed by atoms with Crippen molar-refractivity contribution in [1.82, 2.24) is 19.6 Å². The standard InChI is InChI=1S/C7H6N6S/c8-1-2-14-6-3-5-10-4-11-13(5)7(9)12-6/h3-4H,2H2,(H2,9,12). The van der Waals surface area contributed by atoms with Crippen LogP contribution in [0.2, 0.25) is 0 Å². The fourth-order valence-electron chi connectivity index (χ4n) is 1.01. The van der Waals surface area contributed by atoms with Crippen LogP contribution in [0.4, 0.5) is 5.95 Å². The van der Waals surface area contributed by atoms with Gasteiger partial charge in [0, 0.05) is 6.07 Å². The van der Waals surface area contributed by atoms with E-state index in [-0.39, 0.29) is 5.95 Å². The van der Waals surface area contributed by atoms with Crippen molar-refractivity contribution in [2.75, 3.05) is 11.5 Å². The molecule has 0 spiro atoms. The van der Waals surface area contributed by atoms with Gasteiger partial charge in [-0.3, -0.25) is 0 Å². The lowest BCUT2D eigenvalue weighted by Crippen LogP contribution is -2.02. The molecule has 2 rings (SSSR count). The SMILES string of the molecule is N#CCSc1cc2ncnn2c(N)n1. The zero-order chi connectivity index (χ0) is 9.97. The Kier molecular flexibility index (Phi) is 2.20. The van der Waals surface area contributed by atoms with Gasteiger partial charge in [-0.25, -0.2) is 9.97 Å². The van der Waals surface area contributed by atoms with Gasteiger partial charge in [-0.2, -0.15) is 14.9 Å². The molecule has 70 valence electrons. The first kappa shape index (κ1) is 8.77. The molecule has 6 nitrogen and oxygen atoms in total. The summed E-state index contributed by atoms with van der Waals surface area (Å²) in [7, 11) is 0. The predicted molar refractivity (Wildman–Crippen MR) is 51.5 cm³/mol. The molecular weight excluding hydrogens is 200 g/mol. The Morgan fingerprint density at radius 3 is 3.29 bits per heavy atom. The molecule has 0 amide bonds. The van der Waals surface area contributed by atoms with Crippen molar-refractivity contribution in [3.05, 3.63) is 12.4 Å². The lowest BCUT2D eigenvalue weighted by molar-refractivity contribution is 0.912. The molecule has 2 aromatic rings. The summed E-state index contributed by atoms with van der Waals surface area (Å²) in [6.45, 7) is 0. The van der Waals surface area contributed by atoms with Crippen molar-refractivity contribution in [1.29, 1.82) is 5.26 Å². The summed E-state index contributed by atoms with van der Waals surface area (Å²) < 4.78 is 1.44. The Balaban J connectivity index is 2.44. The number of anilines is 1. The number of nitrogens with two attached hydrogens (primary N) is 1. The second-order valence-electron chi connectivity index (χ2n) is 2.43. The van der Waals surface area contributed by atoms with E-state index in [2.05, 4.69) is 15.1 Å². The molecule has 2 aromatic heterocycles. The fourth-order valence-corrected chi connectivity index (χ4v) is 1.57. The Hall–Kier alpha value is -1.81. The normalized spacial score (nSPS) is 10.2.